The van der Waals surface area contributed by atoms with Crippen LogP contribution in [0.4, 0.5) is 0 Å². The number of fused-ring (bicyclic) bond motifs is 10. The van der Waals surface area contributed by atoms with Crippen molar-refractivity contribution in [1.82, 2.24) is 24.1 Å². The molecule has 7 heteroatoms. The van der Waals surface area contributed by atoms with E-state index in [2.05, 4.69) is 100 Å². The van der Waals surface area contributed by atoms with Gasteiger partial charge in [-0.15, -0.1) is 0 Å². The highest BCUT2D eigenvalue weighted by atomic mass is 16.3. The van der Waals surface area contributed by atoms with Crippen molar-refractivity contribution in [3.63, 3.8) is 0 Å². The third-order valence-corrected chi connectivity index (χ3v) is 11.4. The van der Waals surface area contributed by atoms with Gasteiger partial charge in [-0.25, -0.2) is 4.98 Å². The molecule has 0 fully saturated rings. The monoisotopic (exact) mass is 754 g/mol. The lowest BCUT2D eigenvalue weighted by atomic mass is 10.00. The first-order valence-electron chi connectivity index (χ1n) is 19.5. The van der Waals surface area contributed by atoms with Gasteiger partial charge in [-0.1, -0.05) is 140 Å². The molecule has 0 aliphatic rings. The molecular weight excluding hydrogens is 725 g/mol. The Labute approximate surface area is 337 Å². The van der Waals surface area contributed by atoms with E-state index >= 15 is 0 Å². The summed E-state index contributed by atoms with van der Waals surface area (Å²) < 4.78 is 11.2. The molecule has 0 atom stereocenters. The number of hydrogen-bond acceptors (Lipinski definition) is 5. The second-order valence-corrected chi connectivity index (χ2v) is 14.7. The predicted octanol–water partition coefficient (Wildman–Crippen LogP) is 12.8. The molecule has 4 aromatic heterocycles. The number of nitriles is 1. The van der Waals surface area contributed by atoms with Crippen molar-refractivity contribution in [3.8, 4) is 51.6 Å². The molecule has 0 saturated heterocycles. The van der Waals surface area contributed by atoms with E-state index in [9.17, 15) is 5.26 Å². The summed E-state index contributed by atoms with van der Waals surface area (Å²) >= 11 is 0. The first-order valence-corrected chi connectivity index (χ1v) is 19.5. The minimum atomic E-state index is 0.530. The van der Waals surface area contributed by atoms with E-state index in [1.165, 1.54) is 0 Å². The number of para-hydroxylation sites is 3. The first-order chi connectivity index (χ1) is 29.2. The lowest BCUT2D eigenvalue weighted by Crippen LogP contribution is -2.07. The third kappa shape index (κ3) is 5.04. The molecule has 0 aliphatic carbocycles. The van der Waals surface area contributed by atoms with Gasteiger partial charge in [-0.2, -0.15) is 15.2 Å². The number of hydrogen-bond donors (Lipinski definition) is 0. The largest absolute Gasteiger partial charge is 0.455 e. The minimum Gasteiger partial charge on any atom is -0.455 e. The number of benzene rings is 8. The van der Waals surface area contributed by atoms with Crippen LogP contribution in [0.25, 0.3) is 111 Å². The van der Waals surface area contributed by atoms with Gasteiger partial charge in [0.2, 0.25) is 5.95 Å². The van der Waals surface area contributed by atoms with Gasteiger partial charge in [-0.05, 0) is 48.0 Å². The van der Waals surface area contributed by atoms with Crippen LogP contribution in [0.1, 0.15) is 5.56 Å². The van der Waals surface area contributed by atoms with Crippen LogP contribution >= 0.6 is 0 Å². The smallest absolute Gasteiger partial charge is 0.238 e. The van der Waals surface area contributed by atoms with E-state index < -0.39 is 0 Å². The second kappa shape index (κ2) is 12.8. The highest BCUT2D eigenvalue weighted by Gasteiger charge is 2.25. The lowest BCUT2D eigenvalue weighted by molar-refractivity contribution is 0.670. The van der Waals surface area contributed by atoms with Crippen molar-refractivity contribution >= 4 is 65.6 Å². The van der Waals surface area contributed by atoms with Gasteiger partial charge in [0.25, 0.3) is 0 Å². The molecule has 8 aromatic carbocycles. The Morgan fingerprint density at radius 3 is 1.61 bits per heavy atom. The molecule has 0 aliphatic heterocycles. The van der Waals surface area contributed by atoms with Crippen molar-refractivity contribution in [2.45, 2.75) is 0 Å². The van der Waals surface area contributed by atoms with E-state index in [1.54, 1.807) is 0 Å². The standard InChI is InChI=1S/C52H30N6O/c53-31-32-23-25-33(26-24-32)42-29-36(30-43-39-19-9-12-22-46(39)59-49(42)43)57-44-20-10-7-17-37(44)40-27-28-41-38-18-8-11-21-45(38)58(48(41)47(40)57)52-55-50(34-13-3-1-4-14-34)54-51(56-52)35-15-5-2-6-16-35/h1-30H. The topological polar surface area (TPSA) is 85.5 Å². The zero-order valence-corrected chi connectivity index (χ0v) is 31.4. The molecule has 0 spiro atoms. The quantitative estimate of drug-likeness (QED) is 0.175. The summed E-state index contributed by atoms with van der Waals surface area (Å²) in [6.07, 6.45) is 0. The van der Waals surface area contributed by atoms with Crippen LogP contribution in [0, 0.1) is 11.3 Å². The molecule has 0 unspecified atom stereocenters. The summed E-state index contributed by atoms with van der Waals surface area (Å²) in [6.45, 7) is 0. The van der Waals surface area contributed by atoms with Crippen molar-refractivity contribution in [3.05, 3.63) is 188 Å². The molecular formula is C52H30N6O. The third-order valence-electron chi connectivity index (χ3n) is 11.4. The van der Waals surface area contributed by atoms with Crippen LogP contribution in [-0.2, 0) is 0 Å². The maximum Gasteiger partial charge on any atom is 0.238 e. The van der Waals surface area contributed by atoms with E-state index in [0.717, 1.165) is 93.5 Å². The molecule has 0 saturated carbocycles. The van der Waals surface area contributed by atoms with Crippen molar-refractivity contribution in [2.75, 3.05) is 0 Å². The highest BCUT2D eigenvalue weighted by molar-refractivity contribution is 6.24. The first kappa shape index (κ1) is 32.9. The van der Waals surface area contributed by atoms with Gasteiger partial charge >= 0.3 is 0 Å². The van der Waals surface area contributed by atoms with Crippen molar-refractivity contribution in [1.29, 1.82) is 5.26 Å². The van der Waals surface area contributed by atoms with Crippen LogP contribution in [-0.4, -0.2) is 24.1 Å². The van der Waals surface area contributed by atoms with Crippen molar-refractivity contribution < 1.29 is 4.42 Å². The van der Waals surface area contributed by atoms with Crippen LogP contribution < -0.4 is 0 Å². The molecule has 12 aromatic rings. The SMILES string of the molecule is N#Cc1ccc(-c2cc(-n3c4ccccc4c4ccc5c6ccccc6n(-c6nc(-c7ccccc7)nc(-c7ccccc7)n6)c5c43)cc3c2oc2ccccc23)cc1. The fourth-order valence-electron chi connectivity index (χ4n) is 8.75. The summed E-state index contributed by atoms with van der Waals surface area (Å²) in [5, 5.41) is 16.1. The van der Waals surface area contributed by atoms with E-state index in [0.29, 0.717) is 23.2 Å². The summed E-state index contributed by atoms with van der Waals surface area (Å²) in [7, 11) is 0. The molecule has 0 amide bonds. The van der Waals surface area contributed by atoms with Gasteiger partial charge in [0.1, 0.15) is 11.2 Å². The molecule has 12 rings (SSSR count). The van der Waals surface area contributed by atoms with E-state index in [4.69, 9.17) is 19.4 Å². The molecule has 4 heterocycles. The van der Waals surface area contributed by atoms with E-state index in [-0.39, 0.29) is 0 Å². The molecule has 59 heavy (non-hydrogen) atoms. The fraction of sp³-hybridized carbons (Fsp3) is 0. The molecule has 274 valence electrons. The molecule has 0 radical (unpaired) electrons. The Hall–Kier alpha value is -8.34. The van der Waals surface area contributed by atoms with Crippen LogP contribution in [0.3, 0.4) is 0 Å². The molecule has 0 N–H and O–H groups in total. The van der Waals surface area contributed by atoms with Gasteiger partial charge in [0, 0.05) is 54.7 Å². The minimum absolute atomic E-state index is 0.530. The normalized spacial score (nSPS) is 11.7. The second-order valence-electron chi connectivity index (χ2n) is 14.7. The number of nitrogens with zero attached hydrogens (tertiary/aromatic N) is 6. The zero-order chi connectivity index (χ0) is 39.0. The summed E-state index contributed by atoms with van der Waals surface area (Å²) in [6, 6.07) is 64.4. The molecule has 7 nitrogen and oxygen atoms in total. The predicted molar refractivity (Wildman–Crippen MR) is 237 cm³/mol. The summed E-state index contributed by atoms with van der Waals surface area (Å²) in [5.41, 5.74) is 11.0. The Morgan fingerprint density at radius 2 is 0.983 bits per heavy atom. The Balaban J connectivity index is 1.24. The van der Waals surface area contributed by atoms with E-state index in [1.807, 2.05) is 97.1 Å². The summed E-state index contributed by atoms with van der Waals surface area (Å²) in [5.74, 6) is 1.72. The average Bonchev–Trinajstić information content (AvgIpc) is 3.97. The van der Waals surface area contributed by atoms with Crippen LogP contribution in [0.5, 0.6) is 0 Å². The number of aromatic nitrogens is 5. The fourth-order valence-corrected chi connectivity index (χ4v) is 8.75. The number of rotatable bonds is 5. The summed E-state index contributed by atoms with van der Waals surface area (Å²) in [4.78, 5) is 15.6. The molecule has 0 bridgehead atoms. The van der Waals surface area contributed by atoms with Gasteiger partial charge in [0.05, 0.1) is 33.7 Å². The van der Waals surface area contributed by atoms with Gasteiger partial charge < -0.3 is 8.98 Å². The maximum atomic E-state index is 9.64. The Morgan fingerprint density at radius 1 is 0.441 bits per heavy atom. The zero-order valence-electron chi connectivity index (χ0n) is 31.4. The lowest BCUT2D eigenvalue weighted by Gasteiger charge is -2.14. The Bertz CT molecular complexity index is 3610. The van der Waals surface area contributed by atoms with Crippen molar-refractivity contribution in [2.24, 2.45) is 0 Å². The average molecular weight is 755 g/mol. The van der Waals surface area contributed by atoms with Gasteiger partial charge in [-0.3, -0.25) is 4.57 Å². The Kier molecular flexibility index (Phi) is 7.16. The maximum absolute atomic E-state index is 9.64. The number of furan rings is 1. The van der Waals surface area contributed by atoms with Gasteiger partial charge in [0.15, 0.2) is 11.6 Å². The van der Waals surface area contributed by atoms with Crippen LogP contribution in [0.2, 0.25) is 0 Å². The van der Waals surface area contributed by atoms with Crippen LogP contribution in [0.15, 0.2) is 186 Å². The highest BCUT2D eigenvalue weighted by Crippen LogP contribution is 2.44.